The van der Waals surface area contributed by atoms with Crippen LogP contribution in [-0.4, -0.2) is 23.3 Å². The highest BCUT2D eigenvalue weighted by Crippen LogP contribution is 2.42. The topological polar surface area (TPSA) is 46.5 Å². The molecule has 1 heterocycles. The van der Waals surface area contributed by atoms with Crippen LogP contribution in [0.4, 0.5) is 0 Å². The number of fused-ring (bicyclic) bond motifs is 1. The Morgan fingerprint density at radius 3 is 3.00 bits per heavy atom. The Balaban J connectivity index is 2.02. The fourth-order valence-corrected chi connectivity index (χ4v) is 3.08. The number of carboxylic acid groups (broad SMARTS) is 1. The molecule has 2 fully saturated rings. The number of hydrogen-bond donors (Lipinski definition) is 1. The molecule has 2 rings (SSSR count). The highest BCUT2D eigenvalue weighted by molar-refractivity contribution is 5.67. The Morgan fingerprint density at radius 1 is 1.50 bits per heavy atom. The molecule has 0 amide bonds. The van der Waals surface area contributed by atoms with E-state index in [1.807, 2.05) is 0 Å². The number of ether oxygens (including phenoxy) is 1. The van der Waals surface area contributed by atoms with Gasteiger partial charge in [0.05, 0.1) is 12.2 Å². The summed E-state index contributed by atoms with van der Waals surface area (Å²) in [5, 5.41) is 8.83. The van der Waals surface area contributed by atoms with Crippen molar-refractivity contribution < 1.29 is 14.6 Å². The molecule has 1 N–H and O–H groups in total. The molecule has 3 heteroatoms. The van der Waals surface area contributed by atoms with Crippen LogP contribution in [0.15, 0.2) is 0 Å². The van der Waals surface area contributed by atoms with Crippen molar-refractivity contribution in [1.82, 2.24) is 0 Å². The second-order valence-corrected chi connectivity index (χ2v) is 4.67. The molecule has 1 saturated carbocycles. The molecule has 4 atom stereocenters. The van der Waals surface area contributed by atoms with Crippen LogP contribution in [0.25, 0.3) is 0 Å². The molecule has 0 aromatic carbocycles. The fraction of sp³-hybridized carbons (Fsp3) is 0.909. The van der Waals surface area contributed by atoms with E-state index >= 15 is 0 Å². The van der Waals surface area contributed by atoms with Crippen molar-refractivity contribution in [2.75, 3.05) is 0 Å². The summed E-state index contributed by atoms with van der Waals surface area (Å²) < 4.78 is 5.83. The van der Waals surface area contributed by atoms with Gasteiger partial charge in [0.15, 0.2) is 0 Å². The van der Waals surface area contributed by atoms with Crippen molar-refractivity contribution in [1.29, 1.82) is 0 Å². The first-order valence-electron chi connectivity index (χ1n) is 5.54. The standard InChI is InChI=1S/C11H18O3/c1-7-5-8(6-11(12)13)9-3-2-4-10(9)14-7/h7-10H,2-6H2,1H3,(H,12,13). The van der Waals surface area contributed by atoms with E-state index in [0.29, 0.717) is 24.4 Å². The Kier molecular flexibility index (Phi) is 2.77. The summed E-state index contributed by atoms with van der Waals surface area (Å²) in [4.78, 5) is 10.7. The molecule has 2 aliphatic rings. The van der Waals surface area contributed by atoms with Gasteiger partial charge < -0.3 is 9.84 Å². The molecule has 1 aliphatic heterocycles. The normalized spacial score (nSPS) is 42.1. The van der Waals surface area contributed by atoms with E-state index in [1.165, 1.54) is 6.42 Å². The Hall–Kier alpha value is -0.570. The minimum Gasteiger partial charge on any atom is -0.481 e. The van der Waals surface area contributed by atoms with E-state index in [-0.39, 0.29) is 6.10 Å². The van der Waals surface area contributed by atoms with Gasteiger partial charge in [-0.25, -0.2) is 0 Å². The maximum Gasteiger partial charge on any atom is 0.303 e. The lowest BCUT2D eigenvalue weighted by molar-refractivity contribution is -0.142. The van der Waals surface area contributed by atoms with E-state index in [2.05, 4.69) is 6.92 Å². The summed E-state index contributed by atoms with van der Waals surface area (Å²) in [6.45, 7) is 2.06. The van der Waals surface area contributed by atoms with E-state index in [4.69, 9.17) is 9.84 Å². The molecule has 3 nitrogen and oxygen atoms in total. The summed E-state index contributed by atoms with van der Waals surface area (Å²) in [6.07, 6.45) is 5.35. The summed E-state index contributed by atoms with van der Waals surface area (Å²) in [7, 11) is 0. The van der Waals surface area contributed by atoms with Crippen molar-refractivity contribution in [2.45, 2.75) is 51.2 Å². The predicted octanol–water partition coefficient (Wildman–Crippen LogP) is 2.05. The first kappa shape index (κ1) is 9.97. The Bertz CT molecular complexity index is 227. The first-order valence-corrected chi connectivity index (χ1v) is 5.54. The summed E-state index contributed by atoms with van der Waals surface area (Å²) in [5.41, 5.74) is 0. The molecule has 1 saturated heterocycles. The third-order valence-corrected chi connectivity index (χ3v) is 3.59. The first-order chi connectivity index (χ1) is 6.66. The number of hydrogen-bond acceptors (Lipinski definition) is 2. The predicted molar refractivity (Wildman–Crippen MR) is 52.0 cm³/mol. The van der Waals surface area contributed by atoms with Crippen LogP contribution in [0.3, 0.4) is 0 Å². The number of rotatable bonds is 2. The lowest BCUT2D eigenvalue weighted by Crippen LogP contribution is -2.37. The van der Waals surface area contributed by atoms with Crippen LogP contribution in [0.2, 0.25) is 0 Å². The van der Waals surface area contributed by atoms with Gasteiger partial charge in [0.1, 0.15) is 0 Å². The fourth-order valence-electron chi connectivity index (χ4n) is 3.08. The Labute approximate surface area is 84.4 Å². The molecule has 0 aromatic heterocycles. The second-order valence-electron chi connectivity index (χ2n) is 4.67. The SMILES string of the molecule is CC1CC(CC(=O)O)C2CCCC2O1. The summed E-state index contributed by atoms with van der Waals surface area (Å²) >= 11 is 0. The lowest BCUT2D eigenvalue weighted by atomic mass is 9.80. The van der Waals surface area contributed by atoms with E-state index in [0.717, 1.165) is 19.3 Å². The highest BCUT2D eigenvalue weighted by Gasteiger charge is 2.40. The van der Waals surface area contributed by atoms with Crippen molar-refractivity contribution in [3.63, 3.8) is 0 Å². The summed E-state index contributed by atoms with van der Waals surface area (Å²) in [5.74, 6) is 0.209. The lowest BCUT2D eigenvalue weighted by Gasteiger charge is -2.37. The number of aliphatic carboxylic acids is 1. The zero-order valence-corrected chi connectivity index (χ0v) is 8.61. The monoisotopic (exact) mass is 198 g/mol. The van der Waals surface area contributed by atoms with E-state index in [9.17, 15) is 4.79 Å². The maximum atomic E-state index is 10.7. The zero-order valence-electron chi connectivity index (χ0n) is 8.61. The third-order valence-electron chi connectivity index (χ3n) is 3.59. The van der Waals surface area contributed by atoms with E-state index in [1.54, 1.807) is 0 Å². The number of carbonyl (C=O) groups is 1. The average Bonchev–Trinajstić information content (AvgIpc) is 2.50. The molecule has 80 valence electrons. The van der Waals surface area contributed by atoms with Gasteiger partial charge in [-0.15, -0.1) is 0 Å². The molecule has 0 spiro atoms. The van der Waals surface area contributed by atoms with Crippen molar-refractivity contribution in [2.24, 2.45) is 11.8 Å². The minimum absolute atomic E-state index is 0.249. The van der Waals surface area contributed by atoms with Gasteiger partial charge in [-0.05, 0) is 38.0 Å². The number of carboxylic acids is 1. The van der Waals surface area contributed by atoms with Crippen molar-refractivity contribution in [3.8, 4) is 0 Å². The molecule has 4 unspecified atom stereocenters. The van der Waals surface area contributed by atoms with Gasteiger partial charge in [-0.1, -0.05) is 6.42 Å². The van der Waals surface area contributed by atoms with Gasteiger partial charge in [-0.2, -0.15) is 0 Å². The molecule has 0 aromatic rings. The van der Waals surface area contributed by atoms with Gasteiger partial charge in [0.2, 0.25) is 0 Å². The van der Waals surface area contributed by atoms with Crippen molar-refractivity contribution in [3.05, 3.63) is 0 Å². The van der Waals surface area contributed by atoms with Gasteiger partial charge in [-0.3, -0.25) is 4.79 Å². The van der Waals surface area contributed by atoms with Gasteiger partial charge in [0, 0.05) is 6.42 Å². The van der Waals surface area contributed by atoms with Crippen LogP contribution in [0, 0.1) is 11.8 Å². The molecular formula is C11H18O3. The quantitative estimate of drug-likeness (QED) is 0.738. The maximum absolute atomic E-state index is 10.7. The minimum atomic E-state index is -0.658. The molecule has 14 heavy (non-hydrogen) atoms. The second kappa shape index (κ2) is 3.89. The van der Waals surface area contributed by atoms with Gasteiger partial charge in [0.25, 0.3) is 0 Å². The van der Waals surface area contributed by atoms with Crippen LogP contribution >= 0.6 is 0 Å². The smallest absolute Gasteiger partial charge is 0.303 e. The van der Waals surface area contributed by atoms with E-state index < -0.39 is 5.97 Å². The zero-order chi connectivity index (χ0) is 10.1. The van der Waals surface area contributed by atoms with Crippen LogP contribution in [0.5, 0.6) is 0 Å². The molecule has 0 radical (unpaired) electrons. The van der Waals surface area contributed by atoms with Gasteiger partial charge >= 0.3 is 5.97 Å². The average molecular weight is 198 g/mol. The van der Waals surface area contributed by atoms with Crippen molar-refractivity contribution >= 4 is 5.97 Å². The largest absolute Gasteiger partial charge is 0.481 e. The highest BCUT2D eigenvalue weighted by atomic mass is 16.5. The van der Waals surface area contributed by atoms with Crippen LogP contribution < -0.4 is 0 Å². The molecular weight excluding hydrogens is 180 g/mol. The van der Waals surface area contributed by atoms with Crippen LogP contribution in [0.1, 0.15) is 39.0 Å². The molecule has 0 bridgehead atoms. The third kappa shape index (κ3) is 1.92. The molecule has 1 aliphatic carbocycles. The summed E-state index contributed by atoms with van der Waals surface area (Å²) in [6, 6.07) is 0. The Morgan fingerprint density at radius 2 is 2.29 bits per heavy atom. The van der Waals surface area contributed by atoms with Crippen LogP contribution in [-0.2, 0) is 9.53 Å².